The molecule has 1 aromatic carbocycles. The summed E-state index contributed by atoms with van der Waals surface area (Å²) in [5, 5.41) is 0. The molecule has 1 fully saturated rings. The Hall–Kier alpha value is -1.70. The van der Waals surface area contributed by atoms with Gasteiger partial charge in [0.05, 0.1) is 0 Å². The van der Waals surface area contributed by atoms with Crippen LogP contribution in [0.4, 0.5) is 0 Å². The van der Waals surface area contributed by atoms with Gasteiger partial charge in [-0.15, -0.1) is 0 Å². The molecule has 0 atom stereocenters. The van der Waals surface area contributed by atoms with Crippen LogP contribution < -0.4 is 0 Å². The number of rotatable bonds is 16. The maximum absolute atomic E-state index is 4.68. The van der Waals surface area contributed by atoms with Gasteiger partial charge in [-0.3, -0.25) is 0 Å². The summed E-state index contributed by atoms with van der Waals surface area (Å²) in [4.78, 5) is 9.37. The number of nitrogens with zero attached hydrogens (tertiary/aromatic N) is 2. The molecule has 0 unspecified atom stereocenters. The van der Waals surface area contributed by atoms with Crippen LogP contribution in [0.15, 0.2) is 36.7 Å². The van der Waals surface area contributed by atoms with Crippen LogP contribution >= 0.6 is 0 Å². The van der Waals surface area contributed by atoms with Crippen molar-refractivity contribution >= 4 is 0 Å². The monoisotopic (exact) mass is 462 g/mol. The van der Waals surface area contributed by atoms with Gasteiger partial charge in [-0.05, 0) is 48.6 Å². The second kappa shape index (κ2) is 16.1. The number of aryl methyl sites for hydroxylation is 2. The first-order valence-corrected chi connectivity index (χ1v) is 14.7. The molecule has 34 heavy (non-hydrogen) atoms. The van der Waals surface area contributed by atoms with Gasteiger partial charge < -0.3 is 0 Å². The average molecular weight is 463 g/mol. The molecular formula is C32H50N2. The molecule has 0 aliphatic heterocycles. The third kappa shape index (κ3) is 9.88. The van der Waals surface area contributed by atoms with E-state index in [2.05, 4.69) is 60.5 Å². The van der Waals surface area contributed by atoms with Gasteiger partial charge in [0.1, 0.15) is 0 Å². The fraction of sp³-hybridized carbons (Fsp3) is 0.688. The lowest BCUT2D eigenvalue weighted by Crippen LogP contribution is -2.15. The van der Waals surface area contributed by atoms with E-state index in [0.29, 0.717) is 0 Å². The molecule has 188 valence electrons. The van der Waals surface area contributed by atoms with E-state index < -0.39 is 0 Å². The van der Waals surface area contributed by atoms with Crippen molar-refractivity contribution in [1.29, 1.82) is 0 Å². The molecule has 2 heteroatoms. The molecular weight excluding hydrogens is 412 g/mol. The first kappa shape index (κ1) is 26.9. The Bertz CT molecular complexity index is 757. The zero-order chi connectivity index (χ0) is 23.8. The SMILES string of the molecule is CCCCCCCCCC1CCC(CCc2cnc(-c3ccc(CCCCC)cc3)nc2)CC1. The van der Waals surface area contributed by atoms with Crippen LogP contribution in [0, 0.1) is 11.8 Å². The molecule has 0 bridgehead atoms. The third-order valence-electron chi connectivity index (χ3n) is 8.01. The lowest BCUT2D eigenvalue weighted by atomic mass is 9.78. The molecule has 2 aromatic rings. The molecule has 2 nitrogen and oxygen atoms in total. The van der Waals surface area contributed by atoms with Crippen LogP contribution in [0.5, 0.6) is 0 Å². The molecule has 1 aromatic heterocycles. The molecule has 1 aliphatic carbocycles. The Balaban J connectivity index is 1.31. The van der Waals surface area contributed by atoms with Crippen molar-refractivity contribution in [2.24, 2.45) is 11.8 Å². The van der Waals surface area contributed by atoms with E-state index >= 15 is 0 Å². The van der Waals surface area contributed by atoms with E-state index in [4.69, 9.17) is 0 Å². The van der Waals surface area contributed by atoms with E-state index in [9.17, 15) is 0 Å². The highest BCUT2D eigenvalue weighted by molar-refractivity contribution is 5.55. The van der Waals surface area contributed by atoms with Gasteiger partial charge in [0.25, 0.3) is 0 Å². The summed E-state index contributed by atoms with van der Waals surface area (Å²) >= 11 is 0. The molecule has 0 amide bonds. The Morgan fingerprint density at radius 2 is 1.15 bits per heavy atom. The van der Waals surface area contributed by atoms with Crippen molar-refractivity contribution in [2.45, 2.75) is 129 Å². The van der Waals surface area contributed by atoms with Crippen LogP contribution in [-0.2, 0) is 12.8 Å². The zero-order valence-corrected chi connectivity index (χ0v) is 22.2. The zero-order valence-electron chi connectivity index (χ0n) is 22.2. The Labute approximate surface area is 210 Å². The predicted molar refractivity (Wildman–Crippen MR) is 147 cm³/mol. The fourth-order valence-corrected chi connectivity index (χ4v) is 5.60. The predicted octanol–water partition coefficient (Wildman–Crippen LogP) is 9.76. The summed E-state index contributed by atoms with van der Waals surface area (Å²) < 4.78 is 0. The number of benzene rings is 1. The minimum atomic E-state index is 0.856. The topological polar surface area (TPSA) is 25.8 Å². The van der Waals surface area contributed by atoms with Crippen molar-refractivity contribution in [2.75, 3.05) is 0 Å². The summed E-state index contributed by atoms with van der Waals surface area (Å²) in [7, 11) is 0. The fourth-order valence-electron chi connectivity index (χ4n) is 5.60. The van der Waals surface area contributed by atoms with E-state index in [1.807, 2.05) is 0 Å². The highest BCUT2D eigenvalue weighted by Crippen LogP contribution is 2.34. The van der Waals surface area contributed by atoms with Gasteiger partial charge >= 0.3 is 0 Å². The lowest BCUT2D eigenvalue weighted by molar-refractivity contribution is 0.248. The van der Waals surface area contributed by atoms with Crippen LogP contribution in [0.3, 0.4) is 0 Å². The maximum Gasteiger partial charge on any atom is 0.159 e. The van der Waals surface area contributed by atoms with Crippen LogP contribution in [0.25, 0.3) is 11.4 Å². The summed E-state index contributed by atoms with van der Waals surface area (Å²) in [5.74, 6) is 2.77. The van der Waals surface area contributed by atoms with Gasteiger partial charge in [-0.1, -0.05) is 128 Å². The van der Waals surface area contributed by atoms with Crippen molar-refractivity contribution in [3.8, 4) is 11.4 Å². The second-order valence-corrected chi connectivity index (χ2v) is 10.9. The second-order valence-electron chi connectivity index (χ2n) is 10.9. The number of hydrogen-bond donors (Lipinski definition) is 0. The standard InChI is InChI=1S/C32H50N2/c1-3-5-7-8-9-10-12-14-27-15-17-29(18-16-27)19-20-30-25-33-32(34-26-30)31-23-21-28(22-24-31)13-11-6-4-2/h21-27,29H,3-20H2,1-2H3. The summed E-state index contributed by atoms with van der Waals surface area (Å²) in [6.07, 6.45) is 28.9. The van der Waals surface area contributed by atoms with E-state index in [1.54, 1.807) is 0 Å². The average Bonchev–Trinajstić information content (AvgIpc) is 2.88. The quantitative estimate of drug-likeness (QED) is 0.232. The largest absolute Gasteiger partial charge is 0.236 e. The number of aromatic nitrogens is 2. The molecule has 0 radical (unpaired) electrons. The van der Waals surface area contributed by atoms with Gasteiger partial charge in [-0.25, -0.2) is 9.97 Å². The van der Waals surface area contributed by atoms with Crippen molar-refractivity contribution in [3.05, 3.63) is 47.8 Å². The van der Waals surface area contributed by atoms with Crippen LogP contribution in [0.2, 0.25) is 0 Å². The Morgan fingerprint density at radius 1 is 0.588 bits per heavy atom. The molecule has 0 N–H and O–H groups in total. The van der Waals surface area contributed by atoms with E-state index in [-0.39, 0.29) is 0 Å². The minimum Gasteiger partial charge on any atom is -0.236 e. The van der Waals surface area contributed by atoms with Gasteiger partial charge in [-0.2, -0.15) is 0 Å². The van der Waals surface area contributed by atoms with E-state index in [0.717, 1.165) is 29.6 Å². The van der Waals surface area contributed by atoms with Crippen LogP contribution in [0.1, 0.15) is 128 Å². The summed E-state index contributed by atoms with van der Waals surface area (Å²) in [6.45, 7) is 4.56. The molecule has 1 heterocycles. The smallest absolute Gasteiger partial charge is 0.159 e. The first-order valence-electron chi connectivity index (χ1n) is 14.7. The first-order chi connectivity index (χ1) is 16.8. The Morgan fingerprint density at radius 3 is 1.79 bits per heavy atom. The summed E-state index contributed by atoms with van der Waals surface area (Å²) in [5.41, 5.74) is 3.85. The summed E-state index contributed by atoms with van der Waals surface area (Å²) in [6, 6.07) is 8.85. The normalized spacial score (nSPS) is 18.3. The molecule has 3 rings (SSSR count). The number of hydrogen-bond acceptors (Lipinski definition) is 2. The maximum atomic E-state index is 4.68. The molecule has 0 saturated heterocycles. The van der Waals surface area contributed by atoms with Gasteiger partial charge in [0, 0.05) is 18.0 Å². The van der Waals surface area contributed by atoms with Gasteiger partial charge in [0.2, 0.25) is 0 Å². The highest BCUT2D eigenvalue weighted by atomic mass is 14.9. The number of unbranched alkanes of at least 4 members (excludes halogenated alkanes) is 8. The highest BCUT2D eigenvalue weighted by Gasteiger charge is 2.20. The molecule has 0 spiro atoms. The lowest BCUT2D eigenvalue weighted by Gasteiger charge is -2.28. The minimum absolute atomic E-state index is 0.856. The van der Waals surface area contributed by atoms with Crippen molar-refractivity contribution in [1.82, 2.24) is 9.97 Å². The van der Waals surface area contributed by atoms with Crippen molar-refractivity contribution in [3.63, 3.8) is 0 Å². The molecule has 1 aliphatic rings. The van der Waals surface area contributed by atoms with Crippen LogP contribution in [-0.4, -0.2) is 9.97 Å². The third-order valence-corrected chi connectivity index (χ3v) is 8.01. The van der Waals surface area contributed by atoms with E-state index in [1.165, 1.54) is 120 Å². The van der Waals surface area contributed by atoms with Crippen molar-refractivity contribution < 1.29 is 0 Å². The Kier molecular flexibility index (Phi) is 12.7. The van der Waals surface area contributed by atoms with Gasteiger partial charge in [0.15, 0.2) is 5.82 Å². The molecule has 1 saturated carbocycles.